The molecule has 0 radical (unpaired) electrons. The molecule has 0 aliphatic carbocycles. The predicted molar refractivity (Wildman–Crippen MR) is 89.3 cm³/mol. The summed E-state index contributed by atoms with van der Waals surface area (Å²) in [5.74, 6) is 0.996. The number of aromatic nitrogens is 2. The lowest BCUT2D eigenvalue weighted by molar-refractivity contribution is 0.0948. The van der Waals surface area contributed by atoms with Gasteiger partial charge in [-0.05, 0) is 19.3 Å². The minimum absolute atomic E-state index is 0.0920. The number of amides is 1. The highest BCUT2D eigenvalue weighted by atomic mass is 32.2. The van der Waals surface area contributed by atoms with Crippen molar-refractivity contribution in [3.8, 4) is 0 Å². The first kappa shape index (κ1) is 17.7. The van der Waals surface area contributed by atoms with Crippen LogP contribution < -0.4 is 10.2 Å². The summed E-state index contributed by atoms with van der Waals surface area (Å²) in [6.45, 7) is 7.21. The van der Waals surface area contributed by atoms with Gasteiger partial charge in [0.25, 0.3) is 5.91 Å². The molecule has 1 aliphatic rings. The molecule has 1 atom stereocenters. The van der Waals surface area contributed by atoms with Crippen molar-refractivity contribution in [3.63, 3.8) is 0 Å². The molecular weight excluding hydrogens is 316 g/mol. The van der Waals surface area contributed by atoms with Crippen molar-refractivity contribution in [1.82, 2.24) is 15.3 Å². The molecule has 8 heteroatoms. The molecule has 128 valence electrons. The van der Waals surface area contributed by atoms with Gasteiger partial charge in [-0.25, -0.2) is 18.4 Å². The van der Waals surface area contributed by atoms with E-state index in [0.29, 0.717) is 36.9 Å². The summed E-state index contributed by atoms with van der Waals surface area (Å²) in [5, 5.41) is 2.82. The molecule has 2 heterocycles. The molecule has 0 spiro atoms. The van der Waals surface area contributed by atoms with Gasteiger partial charge >= 0.3 is 0 Å². The molecule has 1 aromatic heterocycles. The van der Waals surface area contributed by atoms with E-state index < -0.39 is 9.84 Å². The fraction of sp³-hybridized carbons (Fsp3) is 0.667. The first-order valence-electron chi connectivity index (χ1n) is 7.89. The summed E-state index contributed by atoms with van der Waals surface area (Å²) in [7, 11) is -2.96. The second kappa shape index (κ2) is 7.25. The Morgan fingerprint density at radius 2 is 2.04 bits per heavy atom. The Balaban J connectivity index is 2.07. The number of hydrogen-bond acceptors (Lipinski definition) is 6. The number of carbonyl (C=O) groups excluding carboxylic acids is 1. The molecule has 1 fully saturated rings. The van der Waals surface area contributed by atoms with Crippen LogP contribution >= 0.6 is 0 Å². The fourth-order valence-electron chi connectivity index (χ4n) is 2.57. The van der Waals surface area contributed by atoms with Crippen LogP contribution in [-0.2, 0) is 9.84 Å². The Morgan fingerprint density at radius 3 is 2.52 bits per heavy atom. The zero-order chi connectivity index (χ0) is 17.0. The van der Waals surface area contributed by atoms with Crippen molar-refractivity contribution in [3.05, 3.63) is 18.0 Å². The second-order valence-corrected chi connectivity index (χ2v) is 8.45. The van der Waals surface area contributed by atoms with Crippen molar-refractivity contribution in [2.24, 2.45) is 5.92 Å². The standard InChI is InChI=1S/C15H24N4O3S/c1-4-19(13-5-6-23(21,22)10-13)15-17-8-12(9-18-15)14(20)16-7-11(2)3/h8-9,11,13H,4-7,10H2,1-3H3,(H,16,20). The van der Waals surface area contributed by atoms with E-state index in [0.717, 1.165) is 0 Å². The molecular formula is C15H24N4O3S. The van der Waals surface area contributed by atoms with Gasteiger partial charge in [-0.2, -0.15) is 0 Å². The molecule has 1 aromatic rings. The molecule has 7 nitrogen and oxygen atoms in total. The largest absolute Gasteiger partial charge is 0.352 e. The molecule has 1 aliphatic heterocycles. The molecule has 1 saturated heterocycles. The summed E-state index contributed by atoms with van der Waals surface area (Å²) < 4.78 is 23.3. The van der Waals surface area contributed by atoms with E-state index in [9.17, 15) is 13.2 Å². The molecule has 0 aromatic carbocycles. The van der Waals surface area contributed by atoms with Gasteiger partial charge in [-0.1, -0.05) is 13.8 Å². The summed E-state index contributed by atoms with van der Waals surface area (Å²) in [6.07, 6.45) is 3.57. The molecule has 1 amide bonds. The monoisotopic (exact) mass is 340 g/mol. The molecule has 2 rings (SSSR count). The normalized spacial score (nSPS) is 19.7. The maximum atomic E-state index is 12.0. The van der Waals surface area contributed by atoms with Crippen molar-refractivity contribution in [2.75, 3.05) is 29.5 Å². The number of carbonyl (C=O) groups is 1. The van der Waals surface area contributed by atoms with Crippen LogP contribution in [0.15, 0.2) is 12.4 Å². The van der Waals surface area contributed by atoms with Crippen molar-refractivity contribution >= 4 is 21.7 Å². The lowest BCUT2D eigenvalue weighted by Crippen LogP contribution is -2.37. The Labute approximate surface area is 137 Å². The van der Waals surface area contributed by atoms with E-state index in [1.807, 2.05) is 25.7 Å². The Morgan fingerprint density at radius 1 is 1.39 bits per heavy atom. The van der Waals surface area contributed by atoms with E-state index in [-0.39, 0.29) is 23.5 Å². The van der Waals surface area contributed by atoms with E-state index in [1.54, 1.807) is 0 Å². The van der Waals surface area contributed by atoms with Crippen LogP contribution in [-0.4, -0.2) is 54.9 Å². The third-order valence-corrected chi connectivity index (χ3v) is 5.57. The Kier molecular flexibility index (Phi) is 5.56. The third kappa shape index (κ3) is 4.63. The van der Waals surface area contributed by atoms with Crippen LogP contribution in [0.1, 0.15) is 37.6 Å². The average Bonchev–Trinajstić information content (AvgIpc) is 2.86. The summed E-state index contributed by atoms with van der Waals surface area (Å²) in [6, 6.07) is -0.0920. The van der Waals surface area contributed by atoms with Gasteiger partial charge in [0, 0.05) is 31.5 Å². The minimum Gasteiger partial charge on any atom is -0.352 e. The van der Waals surface area contributed by atoms with Crippen molar-refractivity contribution in [2.45, 2.75) is 33.2 Å². The Bertz CT molecular complexity index is 643. The van der Waals surface area contributed by atoms with Crippen molar-refractivity contribution < 1.29 is 13.2 Å². The van der Waals surface area contributed by atoms with Crippen LogP contribution in [0.4, 0.5) is 5.95 Å². The molecule has 1 unspecified atom stereocenters. The number of rotatable bonds is 6. The minimum atomic E-state index is -2.96. The predicted octanol–water partition coefficient (Wildman–Crippen LogP) is 0.876. The quantitative estimate of drug-likeness (QED) is 0.826. The smallest absolute Gasteiger partial charge is 0.254 e. The summed E-state index contributed by atoms with van der Waals surface area (Å²) in [5.41, 5.74) is 0.407. The maximum Gasteiger partial charge on any atom is 0.254 e. The average molecular weight is 340 g/mol. The molecule has 1 N–H and O–H groups in total. The van der Waals surface area contributed by atoms with Crippen LogP contribution in [0.2, 0.25) is 0 Å². The van der Waals surface area contributed by atoms with E-state index in [4.69, 9.17) is 0 Å². The summed E-state index contributed by atoms with van der Waals surface area (Å²) in [4.78, 5) is 22.3. The van der Waals surface area contributed by atoms with Gasteiger partial charge in [0.15, 0.2) is 9.84 Å². The Hall–Kier alpha value is -1.70. The molecule has 0 saturated carbocycles. The lowest BCUT2D eigenvalue weighted by Gasteiger charge is -2.26. The number of nitrogens with one attached hydrogen (secondary N) is 1. The van der Waals surface area contributed by atoms with Crippen LogP contribution in [0, 0.1) is 5.92 Å². The first-order chi connectivity index (χ1) is 10.8. The highest BCUT2D eigenvalue weighted by molar-refractivity contribution is 7.91. The van der Waals surface area contributed by atoms with Gasteiger partial charge in [-0.15, -0.1) is 0 Å². The maximum absolute atomic E-state index is 12.0. The number of anilines is 1. The van der Waals surface area contributed by atoms with Crippen LogP contribution in [0.3, 0.4) is 0 Å². The number of sulfone groups is 1. The van der Waals surface area contributed by atoms with E-state index in [1.165, 1.54) is 12.4 Å². The van der Waals surface area contributed by atoms with E-state index in [2.05, 4.69) is 15.3 Å². The van der Waals surface area contributed by atoms with Gasteiger partial charge in [0.2, 0.25) is 5.95 Å². The van der Waals surface area contributed by atoms with Crippen LogP contribution in [0.25, 0.3) is 0 Å². The van der Waals surface area contributed by atoms with Gasteiger partial charge in [0.05, 0.1) is 17.1 Å². The second-order valence-electron chi connectivity index (χ2n) is 6.22. The zero-order valence-electron chi connectivity index (χ0n) is 13.8. The lowest BCUT2D eigenvalue weighted by atomic mass is 10.2. The summed E-state index contributed by atoms with van der Waals surface area (Å²) >= 11 is 0. The molecule has 0 bridgehead atoms. The topological polar surface area (TPSA) is 92.3 Å². The van der Waals surface area contributed by atoms with Crippen molar-refractivity contribution in [1.29, 1.82) is 0 Å². The van der Waals surface area contributed by atoms with Gasteiger partial charge in [-0.3, -0.25) is 4.79 Å². The highest BCUT2D eigenvalue weighted by Crippen LogP contribution is 2.21. The first-order valence-corrected chi connectivity index (χ1v) is 9.72. The van der Waals surface area contributed by atoms with Gasteiger partial charge < -0.3 is 10.2 Å². The fourth-order valence-corrected chi connectivity index (χ4v) is 4.30. The van der Waals surface area contributed by atoms with Gasteiger partial charge in [0.1, 0.15) is 0 Å². The number of nitrogens with zero attached hydrogens (tertiary/aromatic N) is 3. The molecule has 23 heavy (non-hydrogen) atoms. The zero-order valence-corrected chi connectivity index (χ0v) is 14.6. The SMILES string of the molecule is CCN(c1ncc(C(=O)NCC(C)C)cn1)C1CCS(=O)(=O)C1. The van der Waals surface area contributed by atoms with E-state index >= 15 is 0 Å². The third-order valence-electron chi connectivity index (χ3n) is 3.82. The number of hydrogen-bond donors (Lipinski definition) is 1. The highest BCUT2D eigenvalue weighted by Gasteiger charge is 2.32. The van der Waals surface area contributed by atoms with Crippen LogP contribution in [0.5, 0.6) is 0 Å².